The van der Waals surface area contributed by atoms with Crippen molar-refractivity contribution in [3.05, 3.63) is 82.0 Å². The van der Waals surface area contributed by atoms with Crippen LogP contribution >= 0.6 is 23.2 Å². The lowest BCUT2D eigenvalue weighted by molar-refractivity contribution is 0.102. The molecule has 24 heavy (non-hydrogen) atoms. The molecule has 0 aliphatic heterocycles. The predicted octanol–water partition coefficient (Wildman–Crippen LogP) is 5.62. The summed E-state index contributed by atoms with van der Waals surface area (Å²) in [7, 11) is 0. The summed E-state index contributed by atoms with van der Waals surface area (Å²) >= 11 is 11.7. The highest BCUT2D eigenvalue weighted by molar-refractivity contribution is 6.31. The highest BCUT2D eigenvalue weighted by atomic mass is 35.5. The maximum atomic E-state index is 12.4. The summed E-state index contributed by atoms with van der Waals surface area (Å²) in [6, 6.07) is 18.0. The van der Waals surface area contributed by atoms with Gasteiger partial charge in [0.2, 0.25) is 0 Å². The van der Waals surface area contributed by atoms with E-state index in [-0.39, 0.29) is 5.91 Å². The van der Waals surface area contributed by atoms with Gasteiger partial charge in [0.05, 0.1) is 17.0 Å². The third kappa shape index (κ3) is 3.75. The summed E-state index contributed by atoms with van der Waals surface area (Å²) in [6.07, 6.45) is 0. The minimum atomic E-state index is -0.204. The van der Waals surface area contributed by atoms with Crippen molar-refractivity contribution in [3.63, 3.8) is 0 Å². The zero-order valence-electron chi connectivity index (χ0n) is 12.9. The molecular weight excluding hydrogens is 343 g/mol. The molecule has 0 fully saturated rings. The van der Waals surface area contributed by atoms with Crippen molar-refractivity contribution in [2.45, 2.75) is 6.92 Å². The number of benzene rings is 2. The highest BCUT2D eigenvalue weighted by Gasteiger charge is 2.12. The van der Waals surface area contributed by atoms with Gasteiger partial charge >= 0.3 is 0 Å². The first-order valence-electron chi connectivity index (χ1n) is 7.33. The molecule has 0 bridgehead atoms. The zero-order valence-corrected chi connectivity index (χ0v) is 14.4. The summed E-state index contributed by atoms with van der Waals surface area (Å²) < 4.78 is 0. The van der Waals surface area contributed by atoms with Gasteiger partial charge in [-0.25, -0.2) is 0 Å². The fraction of sp³-hybridized carbons (Fsp3) is 0.0526. The molecule has 0 spiro atoms. The molecule has 0 aliphatic carbocycles. The van der Waals surface area contributed by atoms with Crippen LogP contribution in [-0.4, -0.2) is 10.9 Å². The maximum Gasteiger partial charge on any atom is 0.257 e. The number of carbonyl (C=O) groups excluding carboxylic acids is 1. The molecule has 1 N–H and O–H groups in total. The normalized spacial score (nSPS) is 10.5. The van der Waals surface area contributed by atoms with Crippen LogP contribution in [0.15, 0.2) is 60.7 Å². The summed E-state index contributed by atoms with van der Waals surface area (Å²) in [4.78, 5) is 16.9. The predicted molar refractivity (Wildman–Crippen MR) is 98.8 cm³/mol. The van der Waals surface area contributed by atoms with Crippen LogP contribution < -0.4 is 5.32 Å². The number of nitrogens with zero attached hydrogens (tertiary/aromatic N) is 1. The van der Waals surface area contributed by atoms with Crippen molar-refractivity contribution in [1.29, 1.82) is 0 Å². The quantitative estimate of drug-likeness (QED) is 0.661. The lowest BCUT2D eigenvalue weighted by Crippen LogP contribution is -2.14. The van der Waals surface area contributed by atoms with Crippen molar-refractivity contribution < 1.29 is 4.79 Å². The van der Waals surface area contributed by atoms with Gasteiger partial charge in [-0.05, 0) is 55.5 Å². The SMILES string of the molecule is Cc1nc(-c2ccc(Cl)cc2)ccc1C(=O)Nc1ccc(Cl)cc1. The summed E-state index contributed by atoms with van der Waals surface area (Å²) in [5.74, 6) is -0.204. The third-order valence-corrected chi connectivity index (χ3v) is 4.08. The molecule has 0 unspecified atom stereocenters. The van der Waals surface area contributed by atoms with Gasteiger partial charge in [0.25, 0.3) is 5.91 Å². The number of aryl methyl sites for hydroxylation is 1. The monoisotopic (exact) mass is 356 g/mol. The Kier molecular flexibility index (Phi) is 4.84. The molecule has 3 aromatic rings. The van der Waals surface area contributed by atoms with Crippen molar-refractivity contribution in [3.8, 4) is 11.3 Å². The Morgan fingerprint density at radius 2 is 1.46 bits per heavy atom. The zero-order chi connectivity index (χ0) is 17.1. The fourth-order valence-corrected chi connectivity index (χ4v) is 2.57. The van der Waals surface area contributed by atoms with Crippen LogP contribution in [0.4, 0.5) is 5.69 Å². The van der Waals surface area contributed by atoms with Crippen molar-refractivity contribution in [2.24, 2.45) is 0 Å². The van der Waals surface area contributed by atoms with E-state index in [1.54, 1.807) is 30.3 Å². The van der Waals surface area contributed by atoms with Crippen LogP contribution in [0, 0.1) is 6.92 Å². The number of nitrogens with one attached hydrogen (secondary N) is 1. The van der Waals surface area contributed by atoms with Crippen molar-refractivity contribution in [2.75, 3.05) is 5.32 Å². The van der Waals surface area contributed by atoms with Crippen LogP contribution in [0.3, 0.4) is 0 Å². The number of carbonyl (C=O) groups is 1. The van der Waals surface area contributed by atoms with Crippen molar-refractivity contribution >= 4 is 34.8 Å². The molecular formula is C19H14Cl2N2O. The summed E-state index contributed by atoms with van der Waals surface area (Å²) in [5.41, 5.74) is 3.63. The lowest BCUT2D eigenvalue weighted by atomic mass is 10.1. The van der Waals surface area contributed by atoms with E-state index in [2.05, 4.69) is 10.3 Å². The van der Waals surface area contributed by atoms with Gasteiger partial charge in [-0.15, -0.1) is 0 Å². The van der Waals surface area contributed by atoms with Crippen LogP contribution in [-0.2, 0) is 0 Å². The maximum absolute atomic E-state index is 12.4. The Hall–Kier alpha value is -2.36. The molecule has 1 amide bonds. The summed E-state index contributed by atoms with van der Waals surface area (Å²) in [5, 5.41) is 4.14. The van der Waals surface area contributed by atoms with E-state index >= 15 is 0 Å². The number of halogens is 2. The number of aromatic nitrogens is 1. The molecule has 5 heteroatoms. The average molecular weight is 357 g/mol. The second-order valence-electron chi connectivity index (χ2n) is 5.30. The smallest absolute Gasteiger partial charge is 0.257 e. The average Bonchev–Trinajstić information content (AvgIpc) is 2.57. The number of hydrogen-bond donors (Lipinski definition) is 1. The largest absolute Gasteiger partial charge is 0.322 e. The molecule has 1 heterocycles. The molecule has 0 saturated carbocycles. The number of rotatable bonds is 3. The number of amides is 1. The fourth-order valence-electron chi connectivity index (χ4n) is 2.31. The molecule has 2 aromatic carbocycles. The van der Waals surface area contributed by atoms with E-state index < -0.39 is 0 Å². The van der Waals surface area contributed by atoms with Gasteiger partial charge in [0.15, 0.2) is 0 Å². The van der Waals surface area contributed by atoms with Crippen LogP contribution in [0.25, 0.3) is 11.3 Å². The molecule has 120 valence electrons. The number of hydrogen-bond acceptors (Lipinski definition) is 2. The van der Waals surface area contributed by atoms with Gasteiger partial charge < -0.3 is 5.32 Å². The Labute approximate surface area is 150 Å². The van der Waals surface area contributed by atoms with Gasteiger partial charge in [-0.2, -0.15) is 0 Å². The van der Waals surface area contributed by atoms with E-state index in [0.717, 1.165) is 11.3 Å². The molecule has 3 rings (SSSR count). The first-order chi connectivity index (χ1) is 11.5. The standard InChI is InChI=1S/C19H14Cl2N2O/c1-12-17(19(24)23-16-8-6-15(21)7-9-16)10-11-18(22-12)13-2-4-14(20)5-3-13/h2-11H,1H3,(H,23,24). The first-order valence-corrected chi connectivity index (χ1v) is 8.09. The molecule has 0 atom stereocenters. The van der Waals surface area contributed by atoms with Gasteiger partial charge in [-0.3, -0.25) is 9.78 Å². The lowest BCUT2D eigenvalue weighted by Gasteiger charge is -2.09. The highest BCUT2D eigenvalue weighted by Crippen LogP contribution is 2.22. The minimum absolute atomic E-state index is 0.204. The Balaban J connectivity index is 1.82. The van der Waals surface area contributed by atoms with Crippen LogP contribution in [0.5, 0.6) is 0 Å². The first kappa shape index (κ1) is 16.5. The van der Waals surface area contributed by atoms with E-state index in [0.29, 0.717) is 27.0 Å². The molecule has 0 aliphatic rings. The third-order valence-electron chi connectivity index (χ3n) is 3.57. The molecule has 0 radical (unpaired) electrons. The van der Waals surface area contributed by atoms with Gasteiger partial charge in [0.1, 0.15) is 0 Å². The van der Waals surface area contributed by atoms with Crippen molar-refractivity contribution in [1.82, 2.24) is 4.98 Å². The van der Waals surface area contributed by atoms with Crippen LogP contribution in [0.2, 0.25) is 10.0 Å². The Bertz CT molecular complexity index is 875. The summed E-state index contributed by atoms with van der Waals surface area (Å²) in [6.45, 7) is 1.82. The Morgan fingerprint density at radius 1 is 0.875 bits per heavy atom. The Morgan fingerprint density at radius 3 is 2.04 bits per heavy atom. The van der Waals surface area contributed by atoms with Crippen LogP contribution in [0.1, 0.15) is 16.1 Å². The van der Waals surface area contributed by atoms with E-state index in [9.17, 15) is 4.79 Å². The topological polar surface area (TPSA) is 42.0 Å². The second-order valence-corrected chi connectivity index (χ2v) is 6.17. The minimum Gasteiger partial charge on any atom is -0.322 e. The molecule has 1 aromatic heterocycles. The van der Waals surface area contributed by atoms with Gasteiger partial charge in [-0.1, -0.05) is 35.3 Å². The van der Waals surface area contributed by atoms with E-state index in [1.165, 1.54) is 0 Å². The number of pyridine rings is 1. The molecule has 0 saturated heterocycles. The number of anilines is 1. The van der Waals surface area contributed by atoms with E-state index in [1.807, 2.05) is 37.3 Å². The molecule has 3 nitrogen and oxygen atoms in total. The van der Waals surface area contributed by atoms with E-state index in [4.69, 9.17) is 23.2 Å². The second kappa shape index (κ2) is 7.04. The van der Waals surface area contributed by atoms with Gasteiger partial charge in [0, 0.05) is 21.3 Å².